The number of hydrogen-bond donors (Lipinski definition) is 1. The van der Waals surface area contributed by atoms with Gasteiger partial charge in [-0.15, -0.1) is 11.3 Å². The minimum atomic E-state index is 0.211. The number of rotatable bonds is 4. The first-order chi connectivity index (χ1) is 14.4. The molecule has 8 heteroatoms. The number of ether oxygens (including phenoxy) is 2. The molecule has 2 aromatic rings. The predicted octanol–water partition coefficient (Wildman–Crippen LogP) is 3.23. The molecule has 1 aliphatic carbocycles. The zero-order valence-corrected chi connectivity index (χ0v) is 19.3. The van der Waals surface area contributed by atoms with Gasteiger partial charge < -0.3 is 14.9 Å². The van der Waals surface area contributed by atoms with Crippen LogP contribution < -0.4 is 5.43 Å². The van der Waals surface area contributed by atoms with Crippen LogP contribution in [0.3, 0.4) is 0 Å². The van der Waals surface area contributed by atoms with Crippen molar-refractivity contribution in [3.05, 3.63) is 16.3 Å². The Balaban J connectivity index is 1.46. The van der Waals surface area contributed by atoms with E-state index in [1.807, 2.05) is 11.3 Å². The molecule has 0 amide bonds. The molecule has 0 aromatic carbocycles. The molecule has 2 fully saturated rings. The van der Waals surface area contributed by atoms with E-state index in [-0.39, 0.29) is 24.4 Å². The van der Waals surface area contributed by atoms with Gasteiger partial charge in [-0.05, 0) is 52.5 Å². The number of hydrazine groups is 1. The molecule has 0 saturated carbocycles. The summed E-state index contributed by atoms with van der Waals surface area (Å²) in [5, 5.41) is 3.51. The van der Waals surface area contributed by atoms with Crippen LogP contribution in [0.25, 0.3) is 10.2 Å². The fraction of sp³-hybridized carbons (Fsp3) is 0.727. The van der Waals surface area contributed by atoms with Gasteiger partial charge >= 0.3 is 0 Å². The van der Waals surface area contributed by atoms with E-state index in [9.17, 15) is 0 Å². The van der Waals surface area contributed by atoms with Gasteiger partial charge in [0, 0.05) is 31.1 Å². The van der Waals surface area contributed by atoms with Crippen molar-refractivity contribution in [3.63, 3.8) is 0 Å². The van der Waals surface area contributed by atoms with E-state index in [0.29, 0.717) is 0 Å². The van der Waals surface area contributed by atoms with Crippen LogP contribution in [0, 0.1) is 0 Å². The second kappa shape index (κ2) is 8.31. The molecule has 2 saturated heterocycles. The van der Waals surface area contributed by atoms with Crippen molar-refractivity contribution in [2.24, 2.45) is 0 Å². The first kappa shape index (κ1) is 20.6. The standard InChI is InChI=1S/C22H33N5O2S/c1-13-8-26(9-14(2)28-13)12-19-23-21(25-27-10-15(3)29-16(4)11-27)20-17-6-5-7-18(17)30-22(20)24-19/h13-16H,5-12H2,1-4H3,(H,23,24,25). The SMILES string of the molecule is CC1CN(Cc2nc(NN3CC(C)OC(C)C3)c3c4c(sc3n2)CCC4)CC(C)O1. The van der Waals surface area contributed by atoms with Crippen LogP contribution in [0.4, 0.5) is 5.82 Å². The summed E-state index contributed by atoms with van der Waals surface area (Å²) >= 11 is 1.86. The molecule has 3 aliphatic rings. The number of morpholine rings is 2. The summed E-state index contributed by atoms with van der Waals surface area (Å²) in [7, 11) is 0. The van der Waals surface area contributed by atoms with Crippen LogP contribution in [0.5, 0.6) is 0 Å². The summed E-state index contributed by atoms with van der Waals surface area (Å²) in [4.78, 5) is 15.1. The Kier molecular flexibility index (Phi) is 5.70. The van der Waals surface area contributed by atoms with Gasteiger partial charge in [0.05, 0.1) is 36.3 Å². The van der Waals surface area contributed by atoms with Gasteiger partial charge in [0.25, 0.3) is 0 Å². The lowest BCUT2D eigenvalue weighted by Gasteiger charge is -2.36. The minimum absolute atomic E-state index is 0.211. The molecule has 4 unspecified atom stereocenters. The maximum atomic E-state index is 5.91. The molecule has 30 heavy (non-hydrogen) atoms. The van der Waals surface area contributed by atoms with Crippen molar-refractivity contribution < 1.29 is 9.47 Å². The van der Waals surface area contributed by atoms with Gasteiger partial charge in [0.15, 0.2) is 5.82 Å². The van der Waals surface area contributed by atoms with Gasteiger partial charge in [-0.1, -0.05) is 0 Å². The van der Waals surface area contributed by atoms with Gasteiger partial charge in [0.2, 0.25) is 0 Å². The molecule has 4 heterocycles. The summed E-state index contributed by atoms with van der Waals surface area (Å²) in [6.45, 7) is 12.9. The van der Waals surface area contributed by atoms with E-state index >= 15 is 0 Å². The highest BCUT2D eigenvalue weighted by Crippen LogP contribution is 2.40. The monoisotopic (exact) mass is 431 g/mol. The van der Waals surface area contributed by atoms with E-state index in [2.05, 4.69) is 43.0 Å². The van der Waals surface area contributed by atoms with Gasteiger partial charge in [-0.25, -0.2) is 15.0 Å². The summed E-state index contributed by atoms with van der Waals surface area (Å²) in [5.74, 6) is 1.88. The van der Waals surface area contributed by atoms with Crippen molar-refractivity contribution in [2.45, 2.75) is 77.9 Å². The lowest BCUT2D eigenvalue weighted by Crippen LogP contribution is -2.48. The molecule has 0 spiro atoms. The van der Waals surface area contributed by atoms with Crippen molar-refractivity contribution in [3.8, 4) is 0 Å². The number of aromatic nitrogens is 2. The zero-order chi connectivity index (χ0) is 20.8. The Labute approximate surface area is 182 Å². The average molecular weight is 432 g/mol. The van der Waals surface area contributed by atoms with E-state index in [1.165, 1.54) is 28.7 Å². The van der Waals surface area contributed by atoms with Crippen LogP contribution in [0.1, 0.15) is 50.4 Å². The first-order valence-corrected chi connectivity index (χ1v) is 12.1. The summed E-state index contributed by atoms with van der Waals surface area (Å²) in [6.07, 6.45) is 4.48. The smallest absolute Gasteiger partial charge is 0.153 e. The van der Waals surface area contributed by atoms with Crippen LogP contribution in [0.2, 0.25) is 0 Å². The highest BCUT2D eigenvalue weighted by Gasteiger charge is 2.28. The minimum Gasteiger partial charge on any atom is -0.373 e. The van der Waals surface area contributed by atoms with E-state index < -0.39 is 0 Å². The molecule has 5 rings (SSSR count). The molecule has 2 aliphatic heterocycles. The number of thiophene rings is 1. The van der Waals surface area contributed by atoms with Crippen molar-refractivity contribution >= 4 is 27.4 Å². The third-order valence-electron chi connectivity index (χ3n) is 6.15. The van der Waals surface area contributed by atoms with E-state index in [1.54, 1.807) is 0 Å². The fourth-order valence-corrected chi connectivity index (χ4v) is 6.50. The topological polar surface area (TPSA) is 62.8 Å². The number of fused-ring (bicyclic) bond motifs is 3. The van der Waals surface area contributed by atoms with E-state index in [4.69, 9.17) is 19.4 Å². The van der Waals surface area contributed by atoms with Crippen LogP contribution >= 0.6 is 11.3 Å². The Morgan fingerprint density at radius 2 is 1.60 bits per heavy atom. The van der Waals surface area contributed by atoms with Crippen LogP contribution in [-0.4, -0.2) is 70.5 Å². The fourth-order valence-electron chi connectivity index (χ4n) is 5.22. The van der Waals surface area contributed by atoms with Gasteiger partial charge in [-0.2, -0.15) is 0 Å². The normalized spacial score (nSPS) is 30.7. The molecule has 0 radical (unpaired) electrons. The number of nitrogens with one attached hydrogen (secondary N) is 1. The summed E-state index contributed by atoms with van der Waals surface area (Å²) in [5.41, 5.74) is 5.13. The molecular formula is C22H33N5O2S. The zero-order valence-electron chi connectivity index (χ0n) is 18.5. The highest BCUT2D eigenvalue weighted by molar-refractivity contribution is 7.19. The second-order valence-electron chi connectivity index (χ2n) is 9.25. The Bertz CT molecular complexity index is 899. The van der Waals surface area contributed by atoms with Crippen LogP contribution in [-0.2, 0) is 28.9 Å². The first-order valence-electron chi connectivity index (χ1n) is 11.3. The summed E-state index contributed by atoms with van der Waals surface area (Å²) < 4.78 is 11.8. The molecule has 7 nitrogen and oxygen atoms in total. The molecule has 164 valence electrons. The predicted molar refractivity (Wildman–Crippen MR) is 120 cm³/mol. The number of aryl methyl sites for hydroxylation is 2. The van der Waals surface area contributed by atoms with Gasteiger partial charge in [-0.3, -0.25) is 4.90 Å². The number of nitrogens with zero attached hydrogens (tertiary/aromatic N) is 4. The quantitative estimate of drug-likeness (QED) is 0.797. The maximum absolute atomic E-state index is 5.91. The molecule has 2 aromatic heterocycles. The van der Waals surface area contributed by atoms with Crippen molar-refractivity contribution in [1.82, 2.24) is 19.9 Å². The highest BCUT2D eigenvalue weighted by atomic mass is 32.1. The molecular weight excluding hydrogens is 398 g/mol. The molecule has 4 atom stereocenters. The number of anilines is 1. The van der Waals surface area contributed by atoms with E-state index in [0.717, 1.165) is 55.6 Å². The Morgan fingerprint density at radius 1 is 0.933 bits per heavy atom. The van der Waals surface area contributed by atoms with Gasteiger partial charge in [0.1, 0.15) is 10.7 Å². The second-order valence-corrected chi connectivity index (χ2v) is 10.3. The summed E-state index contributed by atoms with van der Waals surface area (Å²) in [6, 6.07) is 0. The third-order valence-corrected chi connectivity index (χ3v) is 7.34. The maximum Gasteiger partial charge on any atom is 0.153 e. The average Bonchev–Trinajstić information content (AvgIpc) is 3.20. The molecule has 0 bridgehead atoms. The number of hydrogen-bond acceptors (Lipinski definition) is 8. The van der Waals surface area contributed by atoms with Crippen molar-refractivity contribution in [1.29, 1.82) is 0 Å². The Hall–Kier alpha value is -1.32. The lowest BCUT2D eigenvalue weighted by molar-refractivity contribution is -0.0710. The van der Waals surface area contributed by atoms with Crippen LogP contribution in [0.15, 0.2) is 0 Å². The largest absolute Gasteiger partial charge is 0.373 e. The lowest BCUT2D eigenvalue weighted by atomic mass is 10.2. The Morgan fingerprint density at radius 3 is 2.30 bits per heavy atom. The molecule has 1 N–H and O–H groups in total. The van der Waals surface area contributed by atoms with Crippen molar-refractivity contribution in [2.75, 3.05) is 31.6 Å². The third kappa shape index (κ3) is 4.21.